The number of ether oxygens (including phenoxy) is 1. The number of oxime groups is 1. The highest BCUT2D eigenvalue weighted by Crippen LogP contribution is 2.32. The second kappa shape index (κ2) is 6.85. The van der Waals surface area contributed by atoms with Gasteiger partial charge >= 0.3 is 0 Å². The highest BCUT2D eigenvalue weighted by Gasteiger charge is 2.09. The molecule has 104 valence electrons. The summed E-state index contributed by atoms with van der Waals surface area (Å²) < 4.78 is 20.3. The highest BCUT2D eigenvalue weighted by atomic mass is 79.9. The van der Waals surface area contributed by atoms with Crippen molar-refractivity contribution >= 4 is 38.1 Å². The molecule has 2 rings (SSSR count). The van der Waals surface area contributed by atoms with Crippen molar-refractivity contribution in [1.82, 2.24) is 0 Å². The predicted octanol–water partition coefficient (Wildman–Crippen LogP) is 4.74. The Morgan fingerprint density at radius 3 is 2.75 bits per heavy atom. The van der Waals surface area contributed by atoms with Gasteiger partial charge in [-0.3, -0.25) is 0 Å². The molecule has 20 heavy (non-hydrogen) atoms. The van der Waals surface area contributed by atoms with Crippen LogP contribution in [0.3, 0.4) is 0 Å². The van der Waals surface area contributed by atoms with Gasteiger partial charge in [0.15, 0.2) is 0 Å². The first kappa shape index (κ1) is 15.0. The number of benzene rings is 2. The van der Waals surface area contributed by atoms with Gasteiger partial charge in [0.25, 0.3) is 0 Å². The molecule has 0 bridgehead atoms. The van der Waals surface area contributed by atoms with Crippen LogP contribution >= 0.6 is 31.9 Å². The lowest BCUT2D eigenvalue weighted by Crippen LogP contribution is -2.00. The van der Waals surface area contributed by atoms with E-state index in [2.05, 4.69) is 37.0 Å². The molecule has 3 nitrogen and oxygen atoms in total. The number of nitrogens with zero attached hydrogens (tertiary/aromatic N) is 1. The van der Waals surface area contributed by atoms with E-state index in [1.807, 2.05) is 6.07 Å². The molecule has 0 saturated heterocycles. The van der Waals surface area contributed by atoms with Crippen LogP contribution in [0.15, 0.2) is 50.5 Å². The van der Waals surface area contributed by atoms with E-state index in [-0.39, 0.29) is 12.4 Å². The molecule has 0 aromatic heterocycles. The van der Waals surface area contributed by atoms with E-state index in [0.29, 0.717) is 21.3 Å². The van der Waals surface area contributed by atoms with Crippen LogP contribution in [0.1, 0.15) is 11.1 Å². The van der Waals surface area contributed by atoms with Gasteiger partial charge in [-0.15, -0.1) is 0 Å². The van der Waals surface area contributed by atoms with E-state index in [1.54, 1.807) is 18.2 Å². The lowest BCUT2D eigenvalue weighted by Gasteiger charge is -2.11. The highest BCUT2D eigenvalue weighted by molar-refractivity contribution is 9.11. The average Bonchev–Trinajstić information content (AvgIpc) is 2.38. The van der Waals surface area contributed by atoms with Gasteiger partial charge in [-0.25, -0.2) is 4.39 Å². The van der Waals surface area contributed by atoms with Crippen molar-refractivity contribution in [3.63, 3.8) is 0 Å². The van der Waals surface area contributed by atoms with Gasteiger partial charge in [0, 0.05) is 10.0 Å². The van der Waals surface area contributed by atoms with E-state index in [0.717, 1.165) is 4.47 Å². The maximum atomic E-state index is 13.1. The average molecular weight is 403 g/mol. The Morgan fingerprint density at radius 2 is 2.05 bits per heavy atom. The maximum Gasteiger partial charge on any atom is 0.142 e. The van der Waals surface area contributed by atoms with Crippen molar-refractivity contribution in [3.05, 3.63) is 62.3 Å². The second-order valence-corrected chi connectivity index (χ2v) is 5.74. The Bertz CT molecular complexity index is 647. The summed E-state index contributed by atoms with van der Waals surface area (Å²) in [7, 11) is 0. The van der Waals surface area contributed by atoms with E-state index in [4.69, 9.17) is 9.94 Å². The first-order valence-electron chi connectivity index (χ1n) is 5.64. The van der Waals surface area contributed by atoms with Gasteiger partial charge in [-0.1, -0.05) is 33.2 Å². The minimum Gasteiger partial charge on any atom is -0.487 e. The van der Waals surface area contributed by atoms with Crippen LogP contribution in [-0.4, -0.2) is 11.4 Å². The van der Waals surface area contributed by atoms with Gasteiger partial charge in [0.05, 0.1) is 10.7 Å². The van der Waals surface area contributed by atoms with Crippen molar-refractivity contribution in [2.45, 2.75) is 6.61 Å². The molecule has 0 aliphatic rings. The fourth-order valence-electron chi connectivity index (χ4n) is 1.67. The van der Waals surface area contributed by atoms with Crippen molar-refractivity contribution in [1.29, 1.82) is 0 Å². The van der Waals surface area contributed by atoms with Crippen molar-refractivity contribution < 1.29 is 14.3 Å². The molecule has 0 spiro atoms. The van der Waals surface area contributed by atoms with Gasteiger partial charge in [-0.05, 0) is 45.8 Å². The van der Waals surface area contributed by atoms with Crippen LogP contribution in [0, 0.1) is 5.82 Å². The van der Waals surface area contributed by atoms with Gasteiger partial charge < -0.3 is 9.94 Å². The summed E-state index contributed by atoms with van der Waals surface area (Å²) in [6, 6.07) is 9.76. The van der Waals surface area contributed by atoms with Crippen LogP contribution in [0.2, 0.25) is 0 Å². The number of hydrogen-bond donors (Lipinski definition) is 1. The molecule has 2 aromatic carbocycles. The first-order valence-corrected chi connectivity index (χ1v) is 7.22. The molecule has 6 heteroatoms. The second-order valence-electron chi connectivity index (χ2n) is 3.97. The Labute approximate surface area is 132 Å². The fraction of sp³-hybridized carbons (Fsp3) is 0.0714. The zero-order chi connectivity index (χ0) is 14.5. The summed E-state index contributed by atoms with van der Waals surface area (Å²) in [6.45, 7) is 0.213. The molecule has 0 saturated carbocycles. The zero-order valence-corrected chi connectivity index (χ0v) is 13.4. The summed E-state index contributed by atoms with van der Waals surface area (Å²) in [5.74, 6) is 0.216. The van der Waals surface area contributed by atoms with Gasteiger partial charge in [0.1, 0.15) is 18.2 Å². The van der Waals surface area contributed by atoms with Crippen LogP contribution < -0.4 is 4.74 Å². The third kappa shape index (κ3) is 3.80. The summed E-state index contributed by atoms with van der Waals surface area (Å²) in [5.41, 5.74) is 1.32. The van der Waals surface area contributed by atoms with E-state index in [1.165, 1.54) is 18.3 Å². The Kier molecular flexibility index (Phi) is 5.14. The molecule has 0 radical (unpaired) electrons. The minimum atomic E-state index is -0.307. The monoisotopic (exact) mass is 401 g/mol. The topological polar surface area (TPSA) is 41.8 Å². The van der Waals surface area contributed by atoms with Gasteiger partial charge in [-0.2, -0.15) is 0 Å². The fourth-order valence-corrected chi connectivity index (χ4v) is 3.05. The largest absolute Gasteiger partial charge is 0.487 e. The Balaban J connectivity index is 2.24. The van der Waals surface area contributed by atoms with Crippen LogP contribution in [0.25, 0.3) is 0 Å². The standard InChI is InChI=1S/C14H10Br2FNO2/c15-11-5-10(7-18-19)14(13(16)6-11)20-8-9-2-1-3-12(17)4-9/h1-7,19H,8H2/b18-7-. The predicted molar refractivity (Wildman–Crippen MR) is 82.0 cm³/mol. The van der Waals surface area contributed by atoms with E-state index >= 15 is 0 Å². The SMILES string of the molecule is O/N=C\c1cc(Br)cc(Br)c1OCc1cccc(F)c1. The zero-order valence-electron chi connectivity index (χ0n) is 10.2. The molecule has 0 heterocycles. The summed E-state index contributed by atoms with van der Waals surface area (Å²) >= 11 is 6.73. The lowest BCUT2D eigenvalue weighted by atomic mass is 10.2. The molecule has 0 fully saturated rings. The van der Waals surface area contributed by atoms with Crippen molar-refractivity contribution in [2.75, 3.05) is 0 Å². The Hall–Kier alpha value is -1.40. The number of halogens is 3. The number of rotatable bonds is 4. The third-order valence-corrected chi connectivity index (χ3v) is 3.55. The normalized spacial score (nSPS) is 10.9. The molecule has 2 aromatic rings. The molecule has 0 aliphatic carbocycles. The van der Waals surface area contributed by atoms with Gasteiger partial charge in [0.2, 0.25) is 0 Å². The quantitative estimate of drug-likeness (QED) is 0.456. The minimum absolute atomic E-state index is 0.213. The molecule has 0 atom stereocenters. The molecule has 0 aliphatic heterocycles. The lowest BCUT2D eigenvalue weighted by molar-refractivity contribution is 0.301. The number of hydrogen-bond acceptors (Lipinski definition) is 3. The van der Waals surface area contributed by atoms with Crippen molar-refractivity contribution in [2.24, 2.45) is 5.16 Å². The third-order valence-electron chi connectivity index (χ3n) is 2.51. The molecular weight excluding hydrogens is 393 g/mol. The molecule has 1 N–H and O–H groups in total. The summed E-state index contributed by atoms with van der Waals surface area (Å²) in [6.07, 6.45) is 1.27. The van der Waals surface area contributed by atoms with E-state index in [9.17, 15) is 4.39 Å². The maximum absolute atomic E-state index is 13.1. The first-order chi connectivity index (χ1) is 9.60. The van der Waals surface area contributed by atoms with Crippen LogP contribution in [0.5, 0.6) is 5.75 Å². The smallest absolute Gasteiger partial charge is 0.142 e. The summed E-state index contributed by atoms with van der Waals surface area (Å²) in [5, 5.41) is 11.7. The van der Waals surface area contributed by atoms with Crippen LogP contribution in [0.4, 0.5) is 4.39 Å². The summed E-state index contributed by atoms with van der Waals surface area (Å²) in [4.78, 5) is 0. The molecule has 0 unspecified atom stereocenters. The molecular formula is C14H10Br2FNO2. The Morgan fingerprint density at radius 1 is 1.25 bits per heavy atom. The molecule has 0 amide bonds. The van der Waals surface area contributed by atoms with Crippen molar-refractivity contribution in [3.8, 4) is 5.75 Å². The van der Waals surface area contributed by atoms with Crippen LogP contribution in [-0.2, 0) is 6.61 Å². The van der Waals surface area contributed by atoms with E-state index < -0.39 is 0 Å².